The van der Waals surface area contributed by atoms with Gasteiger partial charge in [-0.1, -0.05) is 36.4 Å². The van der Waals surface area contributed by atoms with E-state index in [1.165, 1.54) is 31.3 Å². The van der Waals surface area contributed by atoms with Crippen LogP contribution in [-0.4, -0.2) is 0 Å². The van der Waals surface area contributed by atoms with Crippen LogP contribution in [-0.2, 0) is 6.42 Å². The number of nitrogens with two attached hydrogens (primary N) is 1. The van der Waals surface area contributed by atoms with Crippen LogP contribution in [0.4, 0.5) is 5.69 Å². The van der Waals surface area contributed by atoms with Gasteiger partial charge in [0.15, 0.2) is 0 Å². The molecule has 1 heterocycles. The minimum atomic E-state index is 0.829. The number of thiophene rings is 1. The molecule has 102 valence electrons. The van der Waals surface area contributed by atoms with Crippen molar-refractivity contribution in [2.45, 2.75) is 6.42 Å². The second kappa shape index (κ2) is 4.90. The standard InChI is InChI=1S/C19H15NS/c20-15-7-9-19-17(12-15)16-11-14(6-8-18(16)21-19)10-13-4-2-1-3-5-13/h1-9,11-12H,10,20H2. The third-order valence-electron chi connectivity index (χ3n) is 3.81. The third-order valence-corrected chi connectivity index (χ3v) is 4.96. The number of anilines is 1. The molecular weight excluding hydrogens is 274 g/mol. The van der Waals surface area contributed by atoms with Gasteiger partial charge in [0.2, 0.25) is 0 Å². The number of benzene rings is 3. The van der Waals surface area contributed by atoms with Gasteiger partial charge in [0.25, 0.3) is 0 Å². The van der Waals surface area contributed by atoms with E-state index in [1.54, 1.807) is 0 Å². The Morgan fingerprint density at radius 3 is 2.24 bits per heavy atom. The van der Waals surface area contributed by atoms with Crippen molar-refractivity contribution < 1.29 is 0 Å². The van der Waals surface area contributed by atoms with Crippen LogP contribution in [0.25, 0.3) is 20.2 Å². The Hall–Kier alpha value is -2.32. The topological polar surface area (TPSA) is 26.0 Å². The summed E-state index contributed by atoms with van der Waals surface area (Å²) in [7, 11) is 0. The molecule has 2 heteroatoms. The predicted octanol–water partition coefficient (Wildman–Crippen LogP) is 5.23. The summed E-state index contributed by atoms with van der Waals surface area (Å²) in [5.74, 6) is 0. The van der Waals surface area contributed by atoms with Gasteiger partial charge in [-0.15, -0.1) is 11.3 Å². The molecule has 4 rings (SSSR count). The Bertz CT molecular complexity index is 922. The average Bonchev–Trinajstić information content (AvgIpc) is 2.86. The molecule has 0 fully saturated rings. The van der Waals surface area contributed by atoms with Gasteiger partial charge in [-0.3, -0.25) is 0 Å². The number of hydrogen-bond donors (Lipinski definition) is 1. The number of hydrogen-bond acceptors (Lipinski definition) is 2. The fourth-order valence-electron chi connectivity index (χ4n) is 2.78. The van der Waals surface area contributed by atoms with Crippen LogP contribution in [0.5, 0.6) is 0 Å². The van der Waals surface area contributed by atoms with Crippen LogP contribution >= 0.6 is 11.3 Å². The lowest BCUT2D eigenvalue weighted by Gasteiger charge is -2.02. The highest BCUT2D eigenvalue weighted by Gasteiger charge is 2.06. The van der Waals surface area contributed by atoms with Crippen molar-refractivity contribution in [2.75, 3.05) is 5.73 Å². The van der Waals surface area contributed by atoms with Crippen molar-refractivity contribution in [1.29, 1.82) is 0 Å². The zero-order chi connectivity index (χ0) is 14.2. The van der Waals surface area contributed by atoms with E-state index in [4.69, 9.17) is 5.73 Å². The van der Waals surface area contributed by atoms with Crippen LogP contribution in [0.3, 0.4) is 0 Å². The van der Waals surface area contributed by atoms with Crippen molar-refractivity contribution in [3.05, 3.63) is 77.9 Å². The molecule has 0 atom stereocenters. The molecule has 0 unspecified atom stereocenters. The van der Waals surface area contributed by atoms with E-state index in [0.29, 0.717) is 0 Å². The molecule has 0 aliphatic carbocycles. The monoisotopic (exact) mass is 289 g/mol. The van der Waals surface area contributed by atoms with Crippen molar-refractivity contribution in [3.8, 4) is 0 Å². The minimum absolute atomic E-state index is 0.829. The highest BCUT2D eigenvalue weighted by Crippen LogP contribution is 2.35. The van der Waals surface area contributed by atoms with Gasteiger partial charge in [0.05, 0.1) is 0 Å². The summed E-state index contributed by atoms with van der Waals surface area (Å²) in [4.78, 5) is 0. The zero-order valence-corrected chi connectivity index (χ0v) is 12.4. The number of rotatable bonds is 2. The molecule has 0 aliphatic heterocycles. The van der Waals surface area contributed by atoms with Crippen molar-refractivity contribution in [3.63, 3.8) is 0 Å². The molecule has 21 heavy (non-hydrogen) atoms. The first-order valence-electron chi connectivity index (χ1n) is 7.04. The Balaban J connectivity index is 1.85. The predicted molar refractivity (Wildman–Crippen MR) is 93.0 cm³/mol. The third kappa shape index (κ3) is 2.28. The second-order valence-electron chi connectivity index (χ2n) is 5.35. The molecule has 1 nitrogen and oxygen atoms in total. The van der Waals surface area contributed by atoms with E-state index < -0.39 is 0 Å². The van der Waals surface area contributed by atoms with Crippen molar-refractivity contribution >= 4 is 37.2 Å². The molecule has 2 N–H and O–H groups in total. The minimum Gasteiger partial charge on any atom is -0.399 e. The highest BCUT2D eigenvalue weighted by molar-refractivity contribution is 7.25. The van der Waals surface area contributed by atoms with Gasteiger partial charge >= 0.3 is 0 Å². The van der Waals surface area contributed by atoms with Gasteiger partial charge in [-0.25, -0.2) is 0 Å². The quantitative estimate of drug-likeness (QED) is 0.502. The second-order valence-corrected chi connectivity index (χ2v) is 6.43. The number of fused-ring (bicyclic) bond motifs is 3. The molecule has 0 amide bonds. The molecule has 0 saturated heterocycles. The summed E-state index contributed by atoms with van der Waals surface area (Å²) in [6, 6.07) is 23.5. The van der Waals surface area contributed by atoms with E-state index in [1.807, 2.05) is 17.4 Å². The van der Waals surface area contributed by atoms with E-state index in [0.717, 1.165) is 12.1 Å². The molecule has 4 aromatic rings. The Morgan fingerprint density at radius 1 is 0.714 bits per heavy atom. The largest absolute Gasteiger partial charge is 0.399 e. The van der Waals surface area contributed by atoms with E-state index in [2.05, 4.69) is 60.7 Å². The highest BCUT2D eigenvalue weighted by atomic mass is 32.1. The molecule has 0 spiro atoms. The maximum absolute atomic E-state index is 5.94. The van der Waals surface area contributed by atoms with Crippen LogP contribution < -0.4 is 5.73 Å². The maximum Gasteiger partial charge on any atom is 0.0356 e. The van der Waals surface area contributed by atoms with Gasteiger partial charge in [0, 0.05) is 25.9 Å². The summed E-state index contributed by atoms with van der Waals surface area (Å²) in [6.45, 7) is 0. The Morgan fingerprint density at radius 2 is 1.43 bits per heavy atom. The van der Waals surface area contributed by atoms with Gasteiger partial charge in [-0.2, -0.15) is 0 Å². The number of nitrogen functional groups attached to an aromatic ring is 1. The summed E-state index contributed by atoms with van der Waals surface area (Å²) >= 11 is 1.83. The molecule has 0 saturated carbocycles. The first kappa shape index (κ1) is 12.4. The van der Waals surface area contributed by atoms with Crippen molar-refractivity contribution in [2.24, 2.45) is 0 Å². The lowest BCUT2D eigenvalue weighted by Crippen LogP contribution is -1.87. The molecular formula is C19H15NS. The van der Waals surface area contributed by atoms with Crippen molar-refractivity contribution in [1.82, 2.24) is 0 Å². The van der Waals surface area contributed by atoms with Crippen LogP contribution in [0.15, 0.2) is 66.7 Å². The molecule has 0 bridgehead atoms. The average molecular weight is 289 g/mol. The Kier molecular flexibility index (Phi) is 2.90. The summed E-state index contributed by atoms with van der Waals surface area (Å²) < 4.78 is 2.63. The summed E-state index contributed by atoms with van der Waals surface area (Å²) in [6.07, 6.45) is 0.969. The lowest BCUT2D eigenvalue weighted by molar-refractivity contribution is 1.20. The smallest absolute Gasteiger partial charge is 0.0356 e. The molecule has 0 aliphatic rings. The summed E-state index contributed by atoms with van der Waals surface area (Å²) in [5, 5.41) is 2.58. The zero-order valence-electron chi connectivity index (χ0n) is 11.5. The fourth-order valence-corrected chi connectivity index (χ4v) is 3.85. The maximum atomic E-state index is 5.94. The van der Waals surface area contributed by atoms with E-state index in [9.17, 15) is 0 Å². The molecule has 3 aromatic carbocycles. The van der Waals surface area contributed by atoms with Gasteiger partial charge in [-0.05, 0) is 47.9 Å². The molecule has 1 aromatic heterocycles. The first-order valence-corrected chi connectivity index (χ1v) is 7.86. The van der Waals surface area contributed by atoms with Gasteiger partial charge in [0.1, 0.15) is 0 Å². The Labute approximate surface area is 127 Å². The van der Waals surface area contributed by atoms with Crippen LogP contribution in [0.2, 0.25) is 0 Å². The lowest BCUT2D eigenvalue weighted by atomic mass is 10.0. The van der Waals surface area contributed by atoms with E-state index >= 15 is 0 Å². The van der Waals surface area contributed by atoms with Crippen LogP contribution in [0.1, 0.15) is 11.1 Å². The van der Waals surface area contributed by atoms with Crippen LogP contribution in [0, 0.1) is 0 Å². The SMILES string of the molecule is Nc1ccc2sc3ccc(Cc4ccccc4)cc3c2c1. The van der Waals surface area contributed by atoms with Gasteiger partial charge < -0.3 is 5.73 Å². The molecule has 0 radical (unpaired) electrons. The normalized spacial score (nSPS) is 11.2. The van der Waals surface area contributed by atoms with E-state index in [-0.39, 0.29) is 0 Å². The fraction of sp³-hybridized carbons (Fsp3) is 0.0526. The first-order chi connectivity index (χ1) is 10.3. The summed E-state index contributed by atoms with van der Waals surface area (Å²) in [5.41, 5.74) is 9.46.